The van der Waals surface area contributed by atoms with Crippen LogP contribution >= 0.6 is 11.6 Å². The first kappa shape index (κ1) is 24.4. The third-order valence-corrected chi connectivity index (χ3v) is 5.51. The van der Waals surface area contributed by atoms with E-state index in [4.69, 9.17) is 11.6 Å². The Morgan fingerprint density at radius 2 is 1.58 bits per heavy atom. The van der Waals surface area contributed by atoms with Crippen LogP contribution in [0.3, 0.4) is 0 Å². The third-order valence-electron chi connectivity index (χ3n) is 5.25. The first-order valence-electron chi connectivity index (χ1n) is 10.3. The summed E-state index contributed by atoms with van der Waals surface area (Å²) in [4.78, 5) is 37.8. The lowest BCUT2D eigenvalue weighted by atomic mass is 9.98. The number of halogens is 1. The molecule has 31 heavy (non-hydrogen) atoms. The van der Waals surface area contributed by atoms with Gasteiger partial charge in [0, 0.05) is 16.3 Å². The zero-order chi connectivity index (χ0) is 23.1. The quantitative estimate of drug-likeness (QED) is 0.572. The van der Waals surface area contributed by atoms with Crippen LogP contribution in [0.1, 0.15) is 47.3 Å². The van der Waals surface area contributed by atoms with Crippen molar-refractivity contribution >= 4 is 35.0 Å². The lowest BCUT2D eigenvalue weighted by Gasteiger charge is -2.23. The van der Waals surface area contributed by atoms with Crippen molar-refractivity contribution in [2.75, 3.05) is 11.9 Å². The summed E-state index contributed by atoms with van der Waals surface area (Å²) in [5.41, 5.74) is 4.21. The molecule has 0 radical (unpaired) electrons. The normalized spacial score (nSPS) is 12.6. The van der Waals surface area contributed by atoms with E-state index >= 15 is 0 Å². The van der Waals surface area contributed by atoms with E-state index < -0.39 is 11.9 Å². The van der Waals surface area contributed by atoms with Crippen molar-refractivity contribution in [1.82, 2.24) is 10.6 Å². The van der Waals surface area contributed by atoms with Gasteiger partial charge in [0.15, 0.2) is 0 Å². The second-order valence-electron chi connectivity index (χ2n) is 7.88. The van der Waals surface area contributed by atoms with Gasteiger partial charge in [0.1, 0.15) is 6.04 Å². The Labute approximate surface area is 188 Å². The van der Waals surface area contributed by atoms with Gasteiger partial charge in [-0.2, -0.15) is 0 Å². The minimum absolute atomic E-state index is 0.110. The predicted octanol–water partition coefficient (Wildman–Crippen LogP) is 4.16. The highest BCUT2D eigenvalue weighted by Crippen LogP contribution is 2.21. The van der Waals surface area contributed by atoms with Gasteiger partial charge in [0.05, 0.1) is 6.54 Å². The summed E-state index contributed by atoms with van der Waals surface area (Å²) < 4.78 is 0. The van der Waals surface area contributed by atoms with Gasteiger partial charge in [-0.3, -0.25) is 14.4 Å². The van der Waals surface area contributed by atoms with Gasteiger partial charge in [0.25, 0.3) is 5.91 Å². The van der Waals surface area contributed by atoms with Gasteiger partial charge < -0.3 is 16.0 Å². The fraction of sp³-hybridized carbons (Fsp3) is 0.375. The number of aryl methyl sites for hydroxylation is 3. The second-order valence-corrected chi connectivity index (χ2v) is 8.32. The molecule has 0 saturated heterocycles. The van der Waals surface area contributed by atoms with Gasteiger partial charge in [0.2, 0.25) is 11.8 Å². The number of nitrogens with one attached hydrogen (secondary N) is 3. The summed E-state index contributed by atoms with van der Waals surface area (Å²) in [6, 6.07) is 9.66. The molecule has 2 rings (SSSR count). The molecule has 7 heteroatoms. The van der Waals surface area contributed by atoms with Crippen molar-refractivity contribution in [2.45, 2.75) is 47.1 Å². The molecule has 2 aromatic rings. The SMILES string of the molecule is CCC(C)C(NC(=O)c1ccc(Cl)cc1)C(=O)NCC(=O)Nc1c(C)cc(C)cc1C. The number of rotatable bonds is 8. The molecule has 2 atom stereocenters. The Bertz CT molecular complexity index is 934. The first-order valence-corrected chi connectivity index (χ1v) is 10.7. The molecule has 0 bridgehead atoms. The molecule has 0 heterocycles. The van der Waals surface area contributed by atoms with Crippen molar-refractivity contribution in [3.8, 4) is 0 Å². The summed E-state index contributed by atoms with van der Waals surface area (Å²) in [6.45, 7) is 9.49. The molecule has 0 saturated carbocycles. The molecule has 3 N–H and O–H groups in total. The highest BCUT2D eigenvalue weighted by atomic mass is 35.5. The highest BCUT2D eigenvalue weighted by Gasteiger charge is 2.26. The topological polar surface area (TPSA) is 87.3 Å². The maximum Gasteiger partial charge on any atom is 0.251 e. The minimum Gasteiger partial charge on any atom is -0.345 e. The summed E-state index contributed by atoms with van der Waals surface area (Å²) in [5, 5.41) is 8.81. The molecule has 0 aliphatic heterocycles. The molecule has 166 valence electrons. The molecular weight excluding hydrogens is 414 g/mol. The van der Waals surface area contributed by atoms with E-state index in [0.717, 1.165) is 22.4 Å². The number of carbonyl (C=O) groups excluding carboxylic acids is 3. The Balaban J connectivity index is 2.01. The highest BCUT2D eigenvalue weighted by molar-refractivity contribution is 6.30. The molecule has 0 aliphatic carbocycles. The molecule has 2 aromatic carbocycles. The number of benzene rings is 2. The van der Waals surface area contributed by atoms with Gasteiger partial charge in [-0.1, -0.05) is 49.6 Å². The van der Waals surface area contributed by atoms with E-state index in [1.54, 1.807) is 24.3 Å². The second kappa shape index (κ2) is 11.0. The largest absolute Gasteiger partial charge is 0.345 e. The Hall–Kier alpha value is -2.86. The van der Waals surface area contributed by atoms with Crippen LogP contribution in [0.15, 0.2) is 36.4 Å². The monoisotopic (exact) mass is 443 g/mol. The van der Waals surface area contributed by atoms with Crippen LogP contribution in [0, 0.1) is 26.7 Å². The third kappa shape index (κ3) is 6.82. The average molecular weight is 444 g/mol. The number of anilines is 1. The van der Waals surface area contributed by atoms with Crippen LogP contribution in [0.5, 0.6) is 0 Å². The van der Waals surface area contributed by atoms with E-state index in [-0.39, 0.29) is 24.3 Å². The average Bonchev–Trinajstić information content (AvgIpc) is 2.72. The maximum absolute atomic E-state index is 12.8. The molecule has 0 aliphatic rings. The lowest BCUT2D eigenvalue weighted by molar-refractivity contribution is -0.126. The van der Waals surface area contributed by atoms with Crippen molar-refractivity contribution in [2.24, 2.45) is 5.92 Å². The van der Waals surface area contributed by atoms with Crippen LogP contribution in [-0.4, -0.2) is 30.3 Å². The standard InChI is InChI=1S/C24H30ClN3O3/c1-6-15(3)22(28-23(30)18-7-9-19(25)10-8-18)24(31)26-13-20(29)27-21-16(4)11-14(2)12-17(21)5/h7-12,15,22H,6,13H2,1-5H3,(H,26,31)(H,27,29)(H,28,30). The van der Waals surface area contributed by atoms with Crippen molar-refractivity contribution in [1.29, 1.82) is 0 Å². The molecule has 0 fully saturated rings. The van der Waals surface area contributed by atoms with Gasteiger partial charge >= 0.3 is 0 Å². The molecule has 0 aromatic heterocycles. The fourth-order valence-electron chi connectivity index (χ4n) is 3.37. The van der Waals surface area contributed by atoms with Crippen molar-refractivity contribution < 1.29 is 14.4 Å². The molecule has 6 nitrogen and oxygen atoms in total. The van der Waals surface area contributed by atoms with Crippen LogP contribution in [0.4, 0.5) is 5.69 Å². The summed E-state index contributed by atoms with van der Waals surface area (Å²) in [5.74, 6) is -1.20. The van der Waals surface area contributed by atoms with Crippen LogP contribution in [-0.2, 0) is 9.59 Å². The molecule has 2 unspecified atom stereocenters. The molecular formula is C24H30ClN3O3. The van der Waals surface area contributed by atoms with Crippen molar-refractivity contribution in [3.63, 3.8) is 0 Å². The van der Waals surface area contributed by atoms with Crippen LogP contribution < -0.4 is 16.0 Å². The Morgan fingerprint density at radius 3 is 2.13 bits per heavy atom. The molecule has 0 spiro atoms. The number of hydrogen-bond donors (Lipinski definition) is 3. The van der Waals surface area contributed by atoms with Gasteiger partial charge in [-0.25, -0.2) is 0 Å². The smallest absolute Gasteiger partial charge is 0.251 e. The molecule has 3 amide bonds. The van der Waals surface area contributed by atoms with E-state index in [9.17, 15) is 14.4 Å². The predicted molar refractivity (Wildman–Crippen MR) is 124 cm³/mol. The lowest BCUT2D eigenvalue weighted by Crippen LogP contribution is -2.51. The summed E-state index contributed by atoms with van der Waals surface area (Å²) in [7, 11) is 0. The maximum atomic E-state index is 12.8. The summed E-state index contributed by atoms with van der Waals surface area (Å²) in [6.07, 6.45) is 0.687. The van der Waals surface area contributed by atoms with Crippen LogP contribution in [0.2, 0.25) is 5.02 Å². The van der Waals surface area contributed by atoms with E-state index in [0.29, 0.717) is 17.0 Å². The van der Waals surface area contributed by atoms with E-state index in [1.165, 1.54) is 0 Å². The first-order chi connectivity index (χ1) is 14.6. The van der Waals surface area contributed by atoms with Gasteiger partial charge in [-0.15, -0.1) is 0 Å². The Kier molecular flexibility index (Phi) is 8.63. The zero-order valence-electron chi connectivity index (χ0n) is 18.6. The number of carbonyl (C=O) groups is 3. The van der Waals surface area contributed by atoms with E-state index in [2.05, 4.69) is 16.0 Å². The number of amides is 3. The Morgan fingerprint density at radius 1 is 1.00 bits per heavy atom. The summed E-state index contributed by atoms with van der Waals surface area (Å²) >= 11 is 5.87. The number of hydrogen-bond acceptors (Lipinski definition) is 3. The van der Waals surface area contributed by atoms with Gasteiger partial charge in [-0.05, 0) is 62.1 Å². The fourth-order valence-corrected chi connectivity index (χ4v) is 3.49. The van der Waals surface area contributed by atoms with E-state index in [1.807, 2.05) is 46.8 Å². The zero-order valence-corrected chi connectivity index (χ0v) is 19.4. The minimum atomic E-state index is -0.760. The van der Waals surface area contributed by atoms with Crippen LogP contribution in [0.25, 0.3) is 0 Å². The van der Waals surface area contributed by atoms with Crippen molar-refractivity contribution in [3.05, 3.63) is 63.7 Å².